The van der Waals surface area contributed by atoms with Crippen molar-refractivity contribution >= 4 is 17.5 Å². The number of carbonyl (C=O) groups is 3. The fourth-order valence-electron chi connectivity index (χ4n) is 7.43. The minimum atomic E-state index is -2.16. The van der Waals surface area contributed by atoms with Gasteiger partial charge in [0.05, 0.1) is 12.4 Å². The number of alkyl halides is 2. The summed E-state index contributed by atoms with van der Waals surface area (Å²) in [6.07, 6.45) is 3.01. The Labute approximate surface area is 196 Å². The number of ether oxygens (including phenoxy) is 1. The van der Waals surface area contributed by atoms with Crippen molar-refractivity contribution in [3.63, 3.8) is 0 Å². The molecule has 4 aliphatic rings. The topological polar surface area (TPSA) is 93.8 Å². The lowest BCUT2D eigenvalue weighted by atomic mass is 9.45. The lowest BCUT2D eigenvalue weighted by Gasteiger charge is -2.62. The molecule has 1 aromatic heterocycles. The summed E-state index contributed by atoms with van der Waals surface area (Å²) in [7, 11) is 0. The van der Waals surface area contributed by atoms with Gasteiger partial charge in [0.2, 0.25) is 5.76 Å². The van der Waals surface area contributed by atoms with Crippen LogP contribution < -0.4 is 0 Å². The normalized spacial score (nSPS) is 42.9. The van der Waals surface area contributed by atoms with E-state index in [4.69, 9.17) is 9.15 Å². The van der Waals surface area contributed by atoms with Gasteiger partial charge in [-0.15, -0.1) is 0 Å². The SMILES string of the molecule is C[C@]12C[C@H](O)[C@@]3(F)[C@@H](C[C@H](F)C4=CC(=O)C=C[C@@]43C)C1CC[C@@H]2C(=O)COC(=O)c1ccco1. The molecule has 1 unspecified atom stereocenters. The van der Waals surface area contributed by atoms with E-state index in [-0.39, 0.29) is 41.7 Å². The summed E-state index contributed by atoms with van der Waals surface area (Å²) in [5.41, 5.74) is -4.28. The average Bonchev–Trinajstić information content (AvgIpc) is 3.44. The van der Waals surface area contributed by atoms with Crippen LogP contribution in [0.5, 0.6) is 0 Å². The van der Waals surface area contributed by atoms with E-state index in [1.54, 1.807) is 6.92 Å². The highest BCUT2D eigenvalue weighted by molar-refractivity contribution is 6.01. The van der Waals surface area contributed by atoms with E-state index >= 15 is 8.78 Å². The molecular weight excluding hydrogens is 446 g/mol. The quantitative estimate of drug-likeness (QED) is 0.665. The Kier molecular flexibility index (Phi) is 5.24. The van der Waals surface area contributed by atoms with Crippen molar-refractivity contribution in [3.8, 4) is 0 Å². The summed E-state index contributed by atoms with van der Waals surface area (Å²) in [4.78, 5) is 37.1. The van der Waals surface area contributed by atoms with Crippen LogP contribution in [0.3, 0.4) is 0 Å². The second-order valence-electron chi connectivity index (χ2n) is 10.6. The van der Waals surface area contributed by atoms with E-state index in [1.807, 2.05) is 6.92 Å². The van der Waals surface area contributed by atoms with Gasteiger partial charge < -0.3 is 14.3 Å². The maximum atomic E-state index is 17.0. The molecule has 0 aromatic carbocycles. The number of hydrogen-bond acceptors (Lipinski definition) is 6. The molecule has 1 aromatic rings. The molecule has 0 amide bonds. The molecular formula is C26H28F2O6. The molecule has 0 spiro atoms. The second-order valence-corrected chi connectivity index (χ2v) is 10.6. The van der Waals surface area contributed by atoms with E-state index < -0.39 is 53.2 Å². The lowest BCUT2D eigenvalue weighted by molar-refractivity contribution is -0.202. The molecule has 8 heteroatoms. The van der Waals surface area contributed by atoms with E-state index in [1.165, 1.54) is 30.5 Å². The number of carbonyl (C=O) groups excluding carboxylic acids is 3. The van der Waals surface area contributed by atoms with Crippen LogP contribution in [-0.4, -0.2) is 47.2 Å². The van der Waals surface area contributed by atoms with Gasteiger partial charge in [0.1, 0.15) is 6.17 Å². The fourth-order valence-corrected chi connectivity index (χ4v) is 7.43. The van der Waals surface area contributed by atoms with E-state index in [2.05, 4.69) is 0 Å². The maximum Gasteiger partial charge on any atom is 0.374 e. The van der Waals surface area contributed by atoms with Crippen molar-refractivity contribution in [2.45, 2.75) is 57.5 Å². The fraction of sp³-hybridized carbons (Fsp3) is 0.577. The van der Waals surface area contributed by atoms with Crippen LogP contribution in [0.15, 0.2) is 46.6 Å². The molecule has 6 nitrogen and oxygen atoms in total. The van der Waals surface area contributed by atoms with Gasteiger partial charge in [-0.25, -0.2) is 13.6 Å². The van der Waals surface area contributed by atoms with Gasteiger partial charge in [0.15, 0.2) is 23.8 Å². The first kappa shape index (κ1) is 23.1. The van der Waals surface area contributed by atoms with Crippen LogP contribution in [0.25, 0.3) is 0 Å². The minimum absolute atomic E-state index is 0.00840. The Morgan fingerprint density at radius 1 is 1.26 bits per heavy atom. The van der Waals surface area contributed by atoms with Gasteiger partial charge in [-0.1, -0.05) is 13.0 Å². The van der Waals surface area contributed by atoms with Gasteiger partial charge in [0, 0.05) is 17.3 Å². The molecule has 1 N–H and O–H groups in total. The Hall–Kier alpha value is -2.61. The summed E-state index contributed by atoms with van der Waals surface area (Å²) >= 11 is 0. The summed E-state index contributed by atoms with van der Waals surface area (Å²) in [6, 6.07) is 2.97. The lowest BCUT2D eigenvalue weighted by Crippen LogP contribution is -2.68. The van der Waals surface area contributed by atoms with E-state index in [9.17, 15) is 19.5 Å². The molecule has 5 rings (SSSR count). The van der Waals surface area contributed by atoms with Crippen LogP contribution in [0, 0.1) is 28.6 Å². The predicted molar refractivity (Wildman–Crippen MR) is 116 cm³/mol. The zero-order valence-electron chi connectivity index (χ0n) is 19.1. The zero-order chi connectivity index (χ0) is 24.5. The highest BCUT2D eigenvalue weighted by Gasteiger charge is 2.72. The first-order chi connectivity index (χ1) is 16.0. The molecule has 182 valence electrons. The summed E-state index contributed by atoms with van der Waals surface area (Å²) < 4.78 is 42.5. The number of Topliss-reactive ketones (excluding diaryl/α,β-unsaturated/α-hetero) is 1. The number of halogens is 2. The van der Waals surface area contributed by atoms with Gasteiger partial charge in [-0.2, -0.15) is 0 Å². The molecule has 4 aliphatic carbocycles. The molecule has 0 aliphatic heterocycles. The number of hydrogen-bond donors (Lipinski definition) is 1. The van der Waals surface area contributed by atoms with Crippen molar-refractivity contribution in [3.05, 3.63) is 48.0 Å². The zero-order valence-corrected chi connectivity index (χ0v) is 19.1. The molecule has 3 fully saturated rings. The number of ketones is 2. The number of furan rings is 1. The van der Waals surface area contributed by atoms with Gasteiger partial charge in [0.25, 0.3) is 0 Å². The van der Waals surface area contributed by atoms with Crippen LogP contribution in [0.4, 0.5) is 8.78 Å². The number of allylic oxidation sites excluding steroid dienone is 4. The predicted octanol–water partition coefficient (Wildman–Crippen LogP) is 3.94. The first-order valence-electron chi connectivity index (χ1n) is 11.7. The van der Waals surface area contributed by atoms with E-state index in [0.29, 0.717) is 12.8 Å². The Morgan fingerprint density at radius 3 is 2.74 bits per heavy atom. The van der Waals surface area contributed by atoms with Gasteiger partial charge in [-0.05, 0) is 73.8 Å². The van der Waals surface area contributed by atoms with Crippen molar-refractivity contribution in [2.75, 3.05) is 6.61 Å². The average molecular weight is 475 g/mol. The standard InChI is InChI=1S/C26H28F2O6/c1-24-12-22(31)26(28)17(11-19(27)18-10-14(29)7-8-25(18,26)2)15(24)5-6-16(24)20(30)13-34-23(32)21-4-3-9-33-21/h3-4,7-10,15-17,19,22,31H,5-6,11-13H2,1-2H3/t15?,16-,17+,19+,22+,24+,25+,26+/m1/s1. The largest absolute Gasteiger partial charge is 0.457 e. The second kappa shape index (κ2) is 7.70. The van der Waals surface area contributed by atoms with Gasteiger partial charge in [-0.3, -0.25) is 9.59 Å². The van der Waals surface area contributed by atoms with Crippen molar-refractivity contribution in [2.24, 2.45) is 28.6 Å². The smallest absolute Gasteiger partial charge is 0.374 e. The molecule has 0 bridgehead atoms. The number of aliphatic hydroxyl groups is 1. The van der Waals surface area contributed by atoms with Crippen molar-refractivity contribution in [1.82, 2.24) is 0 Å². The number of aliphatic hydroxyl groups excluding tert-OH is 1. The third-order valence-corrected chi connectivity index (χ3v) is 9.08. The first-order valence-corrected chi connectivity index (χ1v) is 11.7. The molecule has 1 heterocycles. The van der Waals surface area contributed by atoms with Crippen LogP contribution in [0.2, 0.25) is 0 Å². The van der Waals surface area contributed by atoms with Gasteiger partial charge >= 0.3 is 5.97 Å². The molecule has 8 atom stereocenters. The monoisotopic (exact) mass is 474 g/mol. The minimum Gasteiger partial charge on any atom is -0.457 e. The number of fused-ring (bicyclic) bond motifs is 5. The molecule has 0 saturated heterocycles. The van der Waals surface area contributed by atoms with Crippen LogP contribution in [0.1, 0.15) is 50.1 Å². The summed E-state index contributed by atoms with van der Waals surface area (Å²) in [6.45, 7) is 2.96. The number of rotatable bonds is 4. The Morgan fingerprint density at radius 2 is 2.03 bits per heavy atom. The summed E-state index contributed by atoms with van der Waals surface area (Å²) in [5, 5.41) is 11.2. The van der Waals surface area contributed by atoms with Crippen molar-refractivity contribution < 1.29 is 37.4 Å². The van der Waals surface area contributed by atoms with Crippen LogP contribution >= 0.6 is 0 Å². The molecule has 34 heavy (non-hydrogen) atoms. The number of esters is 1. The summed E-state index contributed by atoms with van der Waals surface area (Å²) in [5.74, 6) is -3.15. The Balaban J connectivity index is 1.41. The third kappa shape index (κ3) is 3.03. The highest BCUT2D eigenvalue weighted by atomic mass is 19.1. The maximum absolute atomic E-state index is 17.0. The van der Waals surface area contributed by atoms with Crippen molar-refractivity contribution in [1.29, 1.82) is 0 Å². The van der Waals surface area contributed by atoms with E-state index in [0.717, 1.165) is 6.08 Å². The Bertz CT molecular complexity index is 1090. The third-order valence-electron chi connectivity index (χ3n) is 9.08. The molecule has 0 radical (unpaired) electrons. The van der Waals surface area contributed by atoms with Crippen LogP contribution in [-0.2, 0) is 14.3 Å². The molecule has 3 saturated carbocycles. The highest BCUT2D eigenvalue weighted by Crippen LogP contribution is 2.69.